The SMILES string of the molecule is C=C(C)C(=O)OCC(O)COc1ccccc1Cc1ccccc1Cc1ccccc1Cc1ccccc1Cc1ccccc1Cc1ccccc1Cc1ccccc1Cc1ccccc1Cc1ccccc1Cc1ccccc1Cc1ccccc1Cc1ccccc1Cc1ccccc1Cc1ccccc1CC. The molecular weight excluding hydrogens is 1340 g/mol. The number of para-hydroxylation sites is 1. The van der Waals surface area contributed by atoms with Crippen molar-refractivity contribution in [1.82, 2.24) is 0 Å². The maximum absolute atomic E-state index is 12.0. The molecule has 14 aromatic rings. The molecule has 0 aliphatic rings. The number of carbonyl (C=O) groups is 1. The van der Waals surface area contributed by atoms with E-state index in [4.69, 9.17) is 9.47 Å². The first-order valence-electron chi connectivity index (χ1n) is 39.2. The number of hydrogen-bond donors (Lipinski definition) is 1. The number of hydrogen-bond acceptors (Lipinski definition) is 4. The molecule has 0 aliphatic carbocycles. The van der Waals surface area contributed by atoms with Gasteiger partial charge in [0, 0.05) is 12.0 Å². The molecule has 1 N–H and O–H groups in total. The van der Waals surface area contributed by atoms with Crippen LogP contribution in [-0.2, 0) is 99.4 Å². The van der Waals surface area contributed by atoms with E-state index in [-0.39, 0.29) is 18.8 Å². The van der Waals surface area contributed by atoms with Gasteiger partial charge in [0.2, 0.25) is 0 Å². The van der Waals surface area contributed by atoms with Gasteiger partial charge in [-0.15, -0.1) is 0 Å². The van der Waals surface area contributed by atoms with Crippen molar-refractivity contribution in [2.75, 3.05) is 13.2 Å². The molecule has 1 unspecified atom stereocenters. The molecule has 0 aliphatic heterocycles. The Bertz CT molecular complexity index is 5460. The predicted octanol–water partition coefficient (Wildman–Crippen LogP) is 22.8. The molecule has 0 aromatic heterocycles. The van der Waals surface area contributed by atoms with Crippen LogP contribution in [0.2, 0.25) is 0 Å². The smallest absolute Gasteiger partial charge is 0.333 e. The van der Waals surface area contributed by atoms with Crippen LogP contribution in [0.4, 0.5) is 0 Å². The third-order valence-corrected chi connectivity index (χ3v) is 22.0. The minimum Gasteiger partial charge on any atom is -0.490 e. The molecule has 0 saturated heterocycles. The van der Waals surface area contributed by atoms with Gasteiger partial charge in [-0.2, -0.15) is 0 Å². The summed E-state index contributed by atoms with van der Waals surface area (Å²) in [5, 5.41) is 10.6. The van der Waals surface area contributed by atoms with Gasteiger partial charge >= 0.3 is 5.97 Å². The molecule has 14 rings (SSSR count). The normalized spacial score (nSPS) is 11.5. The van der Waals surface area contributed by atoms with Crippen LogP contribution in [0.3, 0.4) is 0 Å². The minimum absolute atomic E-state index is 0.00917. The van der Waals surface area contributed by atoms with E-state index in [1.165, 1.54) is 145 Å². The van der Waals surface area contributed by atoms with Gasteiger partial charge < -0.3 is 14.6 Å². The lowest BCUT2D eigenvalue weighted by Gasteiger charge is -2.18. The number of carbonyl (C=O) groups excluding carboxylic acids is 1. The number of rotatable bonds is 33. The molecule has 0 bridgehead atoms. The Morgan fingerprint density at radius 3 is 0.564 bits per heavy atom. The largest absolute Gasteiger partial charge is 0.490 e. The molecule has 0 heterocycles. The highest BCUT2D eigenvalue weighted by Gasteiger charge is 2.20. The lowest BCUT2D eigenvalue weighted by molar-refractivity contribution is -0.142. The molecule has 0 radical (unpaired) electrons. The van der Waals surface area contributed by atoms with E-state index < -0.39 is 12.1 Å². The number of benzene rings is 14. The lowest BCUT2D eigenvalue weighted by atomic mass is 9.87. The van der Waals surface area contributed by atoms with Gasteiger partial charge in [-0.3, -0.25) is 0 Å². The summed E-state index contributed by atoms with van der Waals surface area (Å²) in [4.78, 5) is 12.0. The number of aryl methyl sites for hydroxylation is 1. The summed E-state index contributed by atoms with van der Waals surface area (Å²) < 4.78 is 11.3. The Balaban J connectivity index is 0.633. The summed E-state index contributed by atoms with van der Waals surface area (Å²) in [6.07, 6.45) is 11.0. The van der Waals surface area contributed by atoms with Crippen molar-refractivity contribution in [2.24, 2.45) is 0 Å². The van der Waals surface area contributed by atoms with E-state index in [1.807, 2.05) is 18.2 Å². The average molecular weight is 1440 g/mol. The maximum Gasteiger partial charge on any atom is 0.333 e. The first-order valence-corrected chi connectivity index (χ1v) is 39.2. The number of esters is 1. The Morgan fingerprint density at radius 2 is 0.391 bits per heavy atom. The zero-order chi connectivity index (χ0) is 75.2. The Morgan fingerprint density at radius 1 is 0.245 bits per heavy atom. The summed E-state index contributed by atoms with van der Waals surface area (Å²) in [6.45, 7) is 7.29. The van der Waals surface area contributed by atoms with Crippen molar-refractivity contribution in [3.05, 3.63) is 502 Å². The van der Waals surface area contributed by atoms with Gasteiger partial charge in [0.15, 0.2) is 0 Å². The fourth-order valence-corrected chi connectivity index (χ4v) is 15.9. The summed E-state index contributed by atoms with van der Waals surface area (Å²) in [7, 11) is 0. The molecule has 4 heteroatoms. The van der Waals surface area contributed by atoms with E-state index in [0.29, 0.717) is 12.2 Å². The summed E-state index contributed by atoms with van der Waals surface area (Å²) >= 11 is 0. The van der Waals surface area contributed by atoms with Crippen LogP contribution in [0, 0.1) is 0 Å². The van der Waals surface area contributed by atoms with Gasteiger partial charge in [-0.25, -0.2) is 4.79 Å². The second-order valence-corrected chi connectivity index (χ2v) is 29.6. The van der Waals surface area contributed by atoms with Crippen LogP contribution in [0.5, 0.6) is 5.75 Å². The molecule has 0 fully saturated rings. The summed E-state index contributed by atoms with van der Waals surface area (Å²) in [5.74, 6) is 0.157. The molecule has 4 nitrogen and oxygen atoms in total. The summed E-state index contributed by atoms with van der Waals surface area (Å²) in [6, 6.07) is 125. The molecule has 0 amide bonds. The van der Waals surface area contributed by atoms with Crippen LogP contribution in [0.1, 0.15) is 164 Å². The Labute approximate surface area is 652 Å². The fraction of sp³-hybridized carbons (Fsp3) is 0.179. The van der Waals surface area contributed by atoms with E-state index in [9.17, 15) is 9.90 Å². The third kappa shape index (κ3) is 19.7. The van der Waals surface area contributed by atoms with Crippen LogP contribution >= 0.6 is 0 Å². The molecule has 546 valence electrons. The van der Waals surface area contributed by atoms with Gasteiger partial charge in [0.25, 0.3) is 0 Å². The van der Waals surface area contributed by atoms with E-state index in [2.05, 4.69) is 335 Å². The Kier molecular flexibility index (Phi) is 25.4. The van der Waals surface area contributed by atoms with Gasteiger partial charge in [-0.1, -0.05) is 347 Å². The topological polar surface area (TPSA) is 55.8 Å². The highest BCUT2D eigenvalue weighted by molar-refractivity contribution is 5.87. The lowest BCUT2D eigenvalue weighted by Crippen LogP contribution is -2.25. The molecule has 0 spiro atoms. The Hall–Kier alpha value is -12.0. The second kappa shape index (κ2) is 37.2. The van der Waals surface area contributed by atoms with Crippen molar-refractivity contribution in [3.8, 4) is 5.75 Å². The highest BCUT2D eigenvalue weighted by Crippen LogP contribution is 2.33. The summed E-state index contributed by atoms with van der Waals surface area (Å²) in [5.41, 5.74) is 36.6. The zero-order valence-corrected chi connectivity index (χ0v) is 63.6. The first kappa shape index (κ1) is 74.9. The van der Waals surface area contributed by atoms with Crippen molar-refractivity contribution in [3.63, 3.8) is 0 Å². The molecule has 0 saturated carbocycles. The van der Waals surface area contributed by atoms with E-state index >= 15 is 0 Å². The van der Waals surface area contributed by atoms with E-state index in [0.717, 1.165) is 89.0 Å². The monoisotopic (exact) mass is 1430 g/mol. The van der Waals surface area contributed by atoms with Gasteiger partial charge in [0.05, 0.1) is 0 Å². The third-order valence-electron chi connectivity index (χ3n) is 22.0. The number of ether oxygens (including phenoxy) is 2. The second-order valence-electron chi connectivity index (χ2n) is 29.6. The van der Waals surface area contributed by atoms with Crippen molar-refractivity contribution >= 4 is 5.97 Å². The van der Waals surface area contributed by atoms with Crippen LogP contribution < -0.4 is 4.74 Å². The average Bonchev–Trinajstić information content (AvgIpc) is 0.828. The van der Waals surface area contributed by atoms with Gasteiger partial charge in [0.1, 0.15) is 25.1 Å². The molecule has 14 aromatic carbocycles. The predicted molar refractivity (Wildman–Crippen MR) is 453 cm³/mol. The van der Waals surface area contributed by atoms with Gasteiger partial charge in [-0.05, 0) is 247 Å². The maximum atomic E-state index is 12.0. The van der Waals surface area contributed by atoms with Crippen LogP contribution in [-0.4, -0.2) is 30.4 Å². The highest BCUT2D eigenvalue weighted by atomic mass is 16.5. The van der Waals surface area contributed by atoms with Crippen molar-refractivity contribution in [1.29, 1.82) is 0 Å². The quantitative estimate of drug-likeness (QED) is 0.0329. The van der Waals surface area contributed by atoms with E-state index in [1.54, 1.807) is 6.92 Å². The van der Waals surface area contributed by atoms with Crippen molar-refractivity contribution < 1.29 is 19.4 Å². The van der Waals surface area contributed by atoms with Crippen molar-refractivity contribution in [2.45, 2.75) is 110 Å². The first-order chi connectivity index (χ1) is 54.1. The molecule has 110 heavy (non-hydrogen) atoms. The zero-order valence-electron chi connectivity index (χ0n) is 63.6. The molecule has 1 atom stereocenters. The number of aliphatic hydroxyl groups is 1. The fourth-order valence-electron chi connectivity index (χ4n) is 15.9. The van der Waals surface area contributed by atoms with Crippen LogP contribution in [0.15, 0.2) is 352 Å². The van der Waals surface area contributed by atoms with Crippen LogP contribution in [0.25, 0.3) is 0 Å². The minimum atomic E-state index is -0.977. The standard InChI is InChI=1S/C106H98O4/c1-4-77-33-5-6-34-78(77)61-79-35-7-8-36-80(79)62-81-37-9-10-38-82(81)63-83-39-11-12-40-84(83)64-85-41-13-14-42-86(85)65-87-43-15-16-44-88(87)66-89-45-17-18-46-90(89)67-91-47-19-20-48-92(91)68-93-49-21-22-50-94(93)69-95-51-23-24-52-96(95)70-97-53-25-26-54-98(97)71-99-55-27-28-56-100(99)72-101-57-29-30-58-102(101)73-103-59-31-32-60-105(103)109-74-104(107)75-110-106(108)76(2)3/h5-60,104,107H,2,4,61-75H2,1,3H3. The number of aliphatic hydroxyl groups excluding tert-OH is 1. The molecular formula is C106H98O4.